The fourth-order valence-corrected chi connectivity index (χ4v) is 3.17. The molecule has 4 rings (SSSR count). The molecule has 0 spiro atoms. The van der Waals surface area contributed by atoms with Gasteiger partial charge in [-0.25, -0.2) is 0 Å². The van der Waals surface area contributed by atoms with Crippen LogP contribution in [-0.4, -0.2) is 21.7 Å². The van der Waals surface area contributed by atoms with Crippen LogP contribution >= 0.6 is 11.3 Å². The summed E-state index contributed by atoms with van der Waals surface area (Å²) < 4.78 is 12.4. The van der Waals surface area contributed by atoms with Gasteiger partial charge in [0.2, 0.25) is 10.8 Å². The number of fused-ring (bicyclic) bond motifs is 1. The number of para-hydroxylation sites is 1. The van der Waals surface area contributed by atoms with Gasteiger partial charge < -0.3 is 9.15 Å². The van der Waals surface area contributed by atoms with Crippen molar-refractivity contribution in [1.29, 1.82) is 0 Å². The zero-order valence-corrected chi connectivity index (χ0v) is 12.9. The van der Waals surface area contributed by atoms with Crippen molar-refractivity contribution in [1.82, 2.24) is 14.6 Å². The van der Waals surface area contributed by atoms with Crippen LogP contribution in [0, 0.1) is 0 Å². The Morgan fingerprint density at radius 3 is 2.87 bits per heavy atom. The van der Waals surface area contributed by atoms with E-state index >= 15 is 0 Å². The van der Waals surface area contributed by atoms with Crippen LogP contribution in [0.1, 0.15) is 5.56 Å². The molecule has 1 aromatic carbocycles. The van der Waals surface area contributed by atoms with Crippen LogP contribution < -0.4 is 14.8 Å². The maximum Gasteiger partial charge on any atom is 0.291 e. The molecule has 3 heterocycles. The van der Waals surface area contributed by atoms with Crippen LogP contribution in [-0.2, 0) is 0 Å². The van der Waals surface area contributed by atoms with E-state index in [2.05, 4.69) is 10.1 Å². The largest absolute Gasteiger partial charge is 0.496 e. The summed E-state index contributed by atoms with van der Waals surface area (Å²) in [4.78, 5) is 17.4. The number of ether oxygens (including phenoxy) is 1. The summed E-state index contributed by atoms with van der Waals surface area (Å²) in [5.41, 5.74) is 0.629. The summed E-state index contributed by atoms with van der Waals surface area (Å²) in [5.74, 6) is 1.65. The number of hydrogen-bond donors (Lipinski definition) is 0. The number of nitrogens with zero attached hydrogens (tertiary/aromatic N) is 3. The first kappa shape index (κ1) is 13.7. The van der Waals surface area contributed by atoms with E-state index in [0.29, 0.717) is 26.8 Å². The predicted molar refractivity (Wildman–Crippen MR) is 86.6 cm³/mol. The molecule has 114 valence electrons. The van der Waals surface area contributed by atoms with E-state index in [1.54, 1.807) is 31.6 Å². The molecule has 0 saturated carbocycles. The van der Waals surface area contributed by atoms with Crippen molar-refractivity contribution >= 4 is 22.4 Å². The molecule has 0 saturated heterocycles. The van der Waals surface area contributed by atoms with Gasteiger partial charge in [0, 0.05) is 5.56 Å². The number of furan rings is 1. The molecule has 0 aliphatic carbocycles. The van der Waals surface area contributed by atoms with Gasteiger partial charge in [0.1, 0.15) is 5.75 Å². The minimum absolute atomic E-state index is 0.207. The van der Waals surface area contributed by atoms with E-state index in [-0.39, 0.29) is 5.56 Å². The maximum absolute atomic E-state index is 12.5. The first-order chi connectivity index (χ1) is 11.3. The molecule has 4 aromatic rings. The third kappa shape index (κ3) is 2.31. The lowest BCUT2D eigenvalue weighted by molar-refractivity contribution is 0.414. The third-order valence-electron chi connectivity index (χ3n) is 3.35. The monoisotopic (exact) mass is 325 g/mol. The predicted octanol–water partition coefficient (Wildman–Crippen LogP) is 1.97. The number of rotatable bonds is 3. The molecule has 0 fully saturated rings. The minimum atomic E-state index is -0.207. The average Bonchev–Trinajstić information content (AvgIpc) is 3.27. The topological polar surface area (TPSA) is 69.6 Å². The molecule has 0 radical (unpaired) electrons. The van der Waals surface area contributed by atoms with Crippen LogP contribution in [0.15, 0.2) is 51.9 Å². The van der Waals surface area contributed by atoms with E-state index in [9.17, 15) is 4.79 Å². The Balaban J connectivity index is 1.86. The molecular formula is C16H11N3O3S. The second-order valence-corrected chi connectivity index (χ2v) is 5.77. The molecule has 0 N–H and O–H groups in total. The first-order valence-corrected chi connectivity index (χ1v) is 7.66. The van der Waals surface area contributed by atoms with Crippen LogP contribution in [0.3, 0.4) is 0 Å². The van der Waals surface area contributed by atoms with Gasteiger partial charge in [-0.3, -0.25) is 4.79 Å². The zero-order valence-electron chi connectivity index (χ0n) is 12.1. The van der Waals surface area contributed by atoms with Crippen LogP contribution in [0.25, 0.3) is 22.6 Å². The van der Waals surface area contributed by atoms with Gasteiger partial charge in [-0.15, -0.1) is 5.10 Å². The van der Waals surface area contributed by atoms with Crippen molar-refractivity contribution in [3.05, 3.63) is 63.1 Å². The normalized spacial score (nSPS) is 12.1. The minimum Gasteiger partial charge on any atom is -0.496 e. The molecule has 7 heteroatoms. The molecule has 23 heavy (non-hydrogen) atoms. The molecule has 0 aliphatic rings. The van der Waals surface area contributed by atoms with Gasteiger partial charge in [-0.2, -0.15) is 9.50 Å². The first-order valence-electron chi connectivity index (χ1n) is 6.84. The summed E-state index contributed by atoms with van der Waals surface area (Å²) >= 11 is 1.28. The number of aromatic nitrogens is 3. The lowest BCUT2D eigenvalue weighted by Crippen LogP contribution is -2.23. The van der Waals surface area contributed by atoms with Gasteiger partial charge in [0.25, 0.3) is 5.56 Å². The van der Waals surface area contributed by atoms with Crippen LogP contribution in [0.2, 0.25) is 0 Å². The standard InChI is InChI=1S/C16H11N3O3S/c1-21-11-6-3-2-5-10(11)9-13-15(20)19-16(23-13)17-14(18-19)12-7-4-8-22-12/h2-9H,1H3/b13-9-. The van der Waals surface area contributed by atoms with E-state index in [1.807, 2.05) is 24.3 Å². The highest BCUT2D eigenvalue weighted by molar-refractivity contribution is 7.15. The summed E-state index contributed by atoms with van der Waals surface area (Å²) in [5, 5.41) is 4.22. The summed E-state index contributed by atoms with van der Waals surface area (Å²) in [6.07, 6.45) is 3.33. The Hall–Kier alpha value is -2.93. The van der Waals surface area contributed by atoms with E-state index in [0.717, 1.165) is 5.56 Å². The van der Waals surface area contributed by atoms with Gasteiger partial charge in [0.05, 0.1) is 17.9 Å². The SMILES string of the molecule is COc1ccccc1/C=c1\sc2nc(-c3ccco3)nn2c1=O. The molecule has 0 bridgehead atoms. The molecule has 0 atom stereocenters. The van der Waals surface area contributed by atoms with Crippen LogP contribution in [0.5, 0.6) is 5.75 Å². The number of methoxy groups -OCH3 is 1. The number of hydrogen-bond acceptors (Lipinski definition) is 6. The zero-order chi connectivity index (χ0) is 15.8. The number of thiazole rings is 1. The second kappa shape index (κ2) is 5.36. The second-order valence-electron chi connectivity index (χ2n) is 4.76. The fourth-order valence-electron chi connectivity index (χ4n) is 2.27. The molecule has 6 nitrogen and oxygen atoms in total. The Morgan fingerprint density at radius 2 is 2.13 bits per heavy atom. The fraction of sp³-hybridized carbons (Fsp3) is 0.0625. The van der Waals surface area contributed by atoms with Crippen molar-refractivity contribution in [2.45, 2.75) is 0 Å². The van der Waals surface area contributed by atoms with Gasteiger partial charge >= 0.3 is 0 Å². The van der Waals surface area contributed by atoms with Crippen molar-refractivity contribution < 1.29 is 9.15 Å². The third-order valence-corrected chi connectivity index (χ3v) is 4.31. The van der Waals surface area contributed by atoms with Crippen molar-refractivity contribution in [3.8, 4) is 17.3 Å². The summed E-state index contributed by atoms with van der Waals surface area (Å²) in [6.45, 7) is 0. The molecule has 0 unspecified atom stereocenters. The highest BCUT2D eigenvalue weighted by Gasteiger charge is 2.13. The van der Waals surface area contributed by atoms with Gasteiger partial charge in [-0.1, -0.05) is 29.5 Å². The smallest absolute Gasteiger partial charge is 0.291 e. The Labute approximate surface area is 134 Å². The highest BCUT2D eigenvalue weighted by Crippen LogP contribution is 2.19. The lowest BCUT2D eigenvalue weighted by atomic mass is 10.2. The Morgan fingerprint density at radius 1 is 1.26 bits per heavy atom. The van der Waals surface area contributed by atoms with Crippen molar-refractivity contribution in [2.24, 2.45) is 0 Å². The summed E-state index contributed by atoms with van der Waals surface area (Å²) in [7, 11) is 1.60. The number of benzene rings is 1. The molecular weight excluding hydrogens is 314 g/mol. The van der Waals surface area contributed by atoms with Crippen molar-refractivity contribution in [2.75, 3.05) is 7.11 Å². The van der Waals surface area contributed by atoms with Crippen LogP contribution in [0.4, 0.5) is 0 Å². The Bertz CT molecular complexity index is 1080. The summed E-state index contributed by atoms with van der Waals surface area (Å²) in [6, 6.07) is 11.0. The highest BCUT2D eigenvalue weighted by atomic mass is 32.1. The Kier molecular flexibility index (Phi) is 3.20. The average molecular weight is 325 g/mol. The lowest BCUT2D eigenvalue weighted by Gasteiger charge is -2.02. The quantitative estimate of drug-likeness (QED) is 0.576. The van der Waals surface area contributed by atoms with Crippen molar-refractivity contribution in [3.63, 3.8) is 0 Å². The maximum atomic E-state index is 12.5. The van der Waals surface area contributed by atoms with Gasteiger partial charge in [-0.05, 0) is 24.3 Å². The molecule has 0 aliphatic heterocycles. The van der Waals surface area contributed by atoms with Gasteiger partial charge in [0.15, 0.2) is 5.76 Å². The molecule has 0 amide bonds. The van der Waals surface area contributed by atoms with E-state index < -0.39 is 0 Å². The van der Waals surface area contributed by atoms with E-state index in [1.165, 1.54) is 15.9 Å². The molecule has 3 aromatic heterocycles. The van der Waals surface area contributed by atoms with E-state index in [4.69, 9.17) is 9.15 Å².